The molecule has 10 nitrogen and oxygen atoms in total. The van der Waals surface area contributed by atoms with Crippen LogP contribution in [0.4, 0.5) is 10.8 Å². The maximum Gasteiger partial charge on any atom is 0.297 e. The van der Waals surface area contributed by atoms with E-state index in [1.54, 1.807) is 17.5 Å². The average molecular weight is 588 g/mol. The molecule has 14 heteroatoms. The van der Waals surface area contributed by atoms with Crippen molar-refractivity contribution in [2.75, 3.05) is 4.90 Å². The minimum absolute atomic E-state index is 0.0753. The predicted molar refractivity (Wildman–Crippen MR) is 139 cm³/mol. The summed E-state index contributed by atoms with van der Waals surface area (Å²) in [6.07, 6.45) is 1.05. The third kappa shape index (κ3) is 4.43. The van der Waals surface area contributed by atoms with Gasteiger partial charge < -0.3 is 0 Å². The number of nitrogens with zero attached hydrogens (tertiary/aromatic N) is 3. The van der Waals surface area contributed by atoms with Crippen LogP contribution >= 0.6 is 34.3 Å². The van der Waals surface area contributed by atoms with Crippen LogP contribution in [-0.2, 0) is 19.4 Å². The zero-order valence-corrected chi connectivity index (χ0v) is 22.1. The topological polar surface area (TPSA) is 145 Å². The number of rotatable bonds is 7. The summed E-state index contributed by atoms with van der Waals surface area (Å²) in [6, 6.07) is 12.6. The number of nitro benzene ring substituents is 1. The van der Waals surface area contributed by atoms with Gasteiger partial charge >= 0.3 is 0 Å². The van der Waals surface area contributed by atoms with Crippen LogP contribution in [0.2, 0.25) is 5.02 Å². The van der Waals surface area contributed by atoms with Crippen molar-refractivity contribution in [3.63, 3.8) is 0 Å². The first kappa shape index (κ1) is 25.9. The van der Waals surface area contributed by atoms with Crippen LogP contribution in [0.15, 0.2) is 81.3 Å². The van der Waals surface area contributed by atoms with E-state index < -0.39 is 44.2 Å². The summed E-state index contributed by atoms with van der Waals surface area (Å²) >= 11 is 7.82. The Hall–Kier alpha value is -3.78. The highest BCUT2D eigenvalue weighted by Gasteiger charge is 2.53. The fourth-order valence-electron chi connectivity index (χ4n) is 4.03. The summed E-state index contributed by atoms with van der Waals surface area (Å²) in [4.78, 5) is 55.6. The van der Waals surface area contributed by atoms with E-state index in [2.05, 4.69) is 4.98 Å². The number of sulfone groups is 1. The van der Waals surface area contributed by atoms with Crippen molar-refractivity contribution in [2.45, 2.75) is 15.1 Å². The first-order valence-electron chi connectivity index (χ1n) is 10.8. The van der Waals surface area contributed by atoms with Gasteiger partial charge in [0.2, 0.25) is 15.6 Å². The molecule has 0 spiro atoms. The molecule has 4 aromatic rings. The smallest absolute Gasteiger partial charge is 0.293 e. The number of nitro groups is 1. The van der Waals surface area contributed by atoms with Gasteiger partial charge in [-0.1, -0.05) is 29.0 Å². The first-order chi connectivity index (χ1) is 18.1. The van der Waals surface area contributed by atoms with Crippen molar-refractivity contribution >= 4 is 72.4 Å². The summed E-state index contributed by atoms with van der Waals surface area (Å²) in [5, 5.41) is 13.0. The Kier molecular flexibility index (Phi) is 6.69. The highest BCUT2D eigenvalue weighted by Crippen LogP contribution is 2.44. The highest BCUT2D eigenvalue weighted by molar-refractivity contribution is 7.93. The number of Topliss-reactive ketones (excluding diaryl/α,β-unsaturated/α-hetero) is 2. The zero-order chi connectivity index (χ0) is 27.2. The molecule has 0 aliphatic carbocycles. The van der Waals surface area contributed by atoms with Crippen molar-refractivity contribution in [1.29, 1.82) is 0 Å². The minimum Gasteiger partial charge on any atom is -0.293 e. The van der Waals surface area contributed by atoms with E-state index in [1.165, 1.54) is 35.6 Å². The lowest BCUT2D eigenvalue weighted by Gasteiger charge is -2.23. The number of hydrogen-bond acceptors (Lipinski definition) is 10. The Labute approximate surface area is 228 Å². The molecule has 2 atom stereocenters. The molecule has 1 aliphatic heterocycles. The number of carbonyl (C=O) groups is 3. The Morgan fingerprint density at radius 2 is 1.74 bits per heavy atom. The summed E-state index contributed by atoms with van der Waals surface area (Å²) < 4.78 is 26.1. The maximum atomic E-state index is 13.4. The predicted octanol–water partition coefficient (Wildman–Crippen LogP) is 4.76. The molecule has 3 heterocycles. The second-order valence-corrected chi connectivity index (χ2v) is 12.7. The van der Waals surface area contributed by atoms with Crippen molar-refractivity contribution in [3.05, 3.63) is 97.8 Å². The number of benzene rings is 2. The SMILES string of the molecule is O=C1C(=O)N(c2ncc(S(=O)(=O)c3ccc([N+](=O)[O-])cc3)s2)C(c2cccs2)C1C(=O)c1ccc(Cl)cc1. The lowest BCUT2D eigenvalue weighted by molar-refractivity contribution is -0.384. The number of aromatic nitrogens is 1. The van der Waals surface area contributed by atoms with E-state index in [4.69, 9.17) is 11.6 Å². The molecule has 5 rings (SSSR count). The van der Waals surface area contributed by atoms with E-state index in [1.807, 2.05) is 0 Å². The Balaban J connectivity index is 1.54. The molecule has 1 saturated heterocycles. The van der Waals surface area contributed by atoms with E-state index >= 15 is 0 Å². The van der Waals surface area contributed by atoms with Gasteiger partial charge in [-0.25, -0.2) is 13.4 Å². The quantitative estimate of drug-likeness (QED) is 0.0989. The molecule has 1 fully saturated rings. The number of hydrogen-bond donors (Lipinski definition) is 0. The van der Waals surface area contributed by atoms with Crippen LogP contribution in [-0.4, -0.2) is 35.8 Å². The van der Waals surface area contributed by atoms with E-state index in [0.29, 0.717) is 21.2 Å². The standard InChI is InChI=1S/C24H14ClN3O7S3/c25-14-5-3-13(4-6-14)21(29)19-20(17-2-1-11-36-17)27(23(31)22(19)30)24-26-12-18(37-24)38(34,35)16-9-7-15(8-10-16)28(32)33/h1-12,19-20H. The van der Waals surface area contributed by atoms with Gasteiger partial charge in [0.25, 0.3) is 11.6 Å². The largest absolute Gasteiger partial charge is 0.297 e. The number of amides is 1. The molecule has 0 radical (unpaired) electrons. The summed E-state index contributed by atoms with van der Waals surface area (Å²) in [6.45, 7) is 0. The molecule has 192 valence electrons. The fraction of sp³-hybridized carbons (Fsp3) is 0.0833. The molecule has 1 amide bonds. The number of anilines is 1. The van der Waals surface area contributed by atoms with Gasteiger partial charge in [0.15, 0.2) is 10.9 Å². The number of ketones is 2. The van der Waals surface area contributed by atoms with Crippen LogP contribution in [0, 0.1) is 16.0 Å². The summed E-state index contributed by atoms with van der Waals surface area (Å²) in [7, 11) is -4.14. The Morgan fingerprint density at radius 1 is 1.05 bits per heavy atom. The number of halogens is 1. The van der Waals surface area contributed by atoms with Crippen molar-refractivity contribution in [2.24, 2.45) is 5.92 Å². The Morgan fingerprint density at radius 3 is 2.34 bits per heavy atom. The lowest BCUT2D eigenvalue weighted by atomic mass is 9.89. The van der Waals surface area contributed by atoms with Gasteiger partial charge in [-0.15, -0.1) is 11.3 Å². The molecular formula is C24H14ClN3O7S3. The first-order valence-corrected chi connectivity index (χ1v) is 14.3. The number of thiophene rings is 1. The molecule has 1 aliphatic rings. The van der Waals surface area contributed by atoms with Crippen molar-refractivity contribution < 1.29 is 27.7 Å². The molecule has 2 aromatic carbocycles. The fourth-order valence-corrected chi connectivity index (χ4v) is 7.57. The van der Waals surface area contributed by atoms with Crippen LogP contribution < -0.4 is 4.90 Å². The molecule has 2 unspecified atom stereocenters. The maximum absolute atomic E-state index is 13.4. The third-order valence-electron chi connectivity index (χ3n) is 5.85. The van der Waals surface area contributed by atoms with E-state index in [9.17, 15) is 32.9 Å². The third-order valence-corrected chi connectivity index (χ3v) is 10.3. The minimum atomic E-state index is -4.14. The van der Waals surface area contributed by atoms with Crippen LogP contribution in [0.1, 0.15) is 21.3 Å². The molecule has 38 heavy (non-hydrogen) atoms. The summed E-state index contributed by atoms with van der Waals surface area (Å²) in [5.41, 5.74) is -0.0742. The monoisotopic (exact) mass is 587 g/mol. The summed E-state index contributed by atoms with van der Waals surface area (Å²) in [5.74, 6) is -3.86. The van der Waals surface area contributed by atoms with Crippen molar-refractivity contribution in [1.82, 2.24) is 4.98 Å². The van der Waals surface area contributed by atoms with Gasteiger partial charge in [0, 0.05) is 27.6 Å². The molecular weight excluding hydrogens is 574 g/mol. The second-order valence-electron chi connectivity index (χ2n) is 8.06. The molecule has 2 aromatic heterocycles. The average Bonchev–Trinajstić information content (AvgIpc) is 3.65. The zero-order valence-electron chi connectivity index (χ0n) is 18.9. The highest BCUT2D eigenvalue weighted by atomic mass is 35.5. The van der Waals surface area contributed by atoms with E-state index in [-0.39, 0.29) is 25.5 Å². The van der Waals surface area contributed by atoms with Gasteiger partial charge in [-0.3, -0.25) is 29.4 Å². The second kappa shape index (κ2) is 9.83. The van der Waals surface area contributed by atoms with Crippen LogP contribution in [0.3, 0.4) is 0 Å². The van der Waals surface area contributed by atoms with Gasteiger partial charge in [-0.05, 0) is 47.8 Å². The van der Waals surface area contributed by atoms with Gasteiger partial charge in [-0.2, -0.15) is 0 Å². The number of non-ortho nitro benzene ring substituents is 1. The normalized spacial score (nSPS) is 17.7. The number of thiazole rings is 1. The molecule has 0 bridgehead atoms. The Bertz CT molecular complexity index is 1680. The van der Waals surface area contributed by atoms with E-state index in [0.717, 1.165) is 35.4 Å². The number of carbonyl (C=O) groups excluding carboxylic acids is 3. The molecule has 0 N–H and O–H groups in total. The molecule has 0 saturated carbocycles. The van der Waals surface area contributed by atoms with Crippen LogP contribution in [0.25, 0.3) is 0 Å². The lowest BCUT2D eigenvalue weighted by Crippen LogP contribution is -2.30. The van der Waals surface area contributed by atoms with Gasteiger partial charge in [0.1, 0.15) is 10.1 Å². The van der Waals surface area contributed by atoms with Gasteiger partial charge in [0.05, 0.1) is 22.1 Å². The van der Waals surface area contributed by atoms with Crippen molar-refractivity contribution in [3.8, 4) is 0 Å². The van der Waals surface area contributed by atoms with Crippen LogP contribution in [0.5, 0.6) is 0 Å².